The van der Waals surface area contributed by atoms with Crippen LogP contribution in [0.3, 0.4) is 0 Å². The van der Waals surface area contributed by atoms with Crippen molar-refractivity contribution in [3.05, 3.63) is 36.5 Å². The smallest absolute Gasteiger partial charge is 0.257 e. The minimum Gasteiger partial charge on any atom is -0.475 e. The number of amides is 1. The number of nitrogens with one attached hydrogen (secondary N) is 3. The first-order valence-corrected chi connectivity index (χ1v) is 9.79. The SMILES string of the molecule is COCCOc1ccc(-c2n[nH]c3ccc(NC(=O)C4(OC)CCNC4)cc23)cn1. The Labute approximate surface area is 174 Å². The van der Waals surface area contributed by atoms with Crippen LogP contribution in [0.4, 0.5) is 5.69 Å². The molecule has 1 amide bonds. The molecule has 0 radical (unpaired) electrons. The standard InChI is InChI=1S/C21H25N5O4/c1-28-9-10-30-18-6-3-14(12-23-18)19-16-11-15(4-5-17(16)25-26-19)24-20(27)21(29-2)7-8-22-13-21/h3-6,11-12,22H,7-10,13H2,1-2H3,(H,24,27)(H,25,26). The molecule has 30 heavy (non-hydrogen) atoms. The van der Waals surface area contributed by atoms with Crippen LogP contribution in [0.5, 0.6) is 5.88 Å². The number of pyridine rings is 1. The monoisotopic (exact) mass is 411 g/mol. The Bertz CT molecular complexity index is 1010. The van der Waals surface area contributed by atoms with E-state index in [1.54, 1.807) is 26.5 Å². The van der Waals surface area contributed by atoms with Gasteiger partial charge in [0.1, 0.15) is 12.3 Å². The Morgan fingerprint density at radius 1 is 1.23 bits per heavy atom. The second kappa shape index (κ2) is 8.78. The van der Waals surface area contributed by atoms with Crippen LogP contribution in [-0.4, -0.2) is 67.2 Å². The van der Waals surface area contributed by atoms with Crippen LogP contribution in [0.15, 0.2) is 36.5 Å². The minimum atomic E-state index is -0.837. The lowest BCUT2D eigenvalue weighted by Crippen LogP contribution is -2.46. The molecular formula is C21H25N5O4. The van der Waals surface area contributed by atoms with Gasteiger partial charge < -0.3 is 24.8 Å². The van der Waals surface area contributed by atoms with Crippen molar-refractivity contribution in [3.63, 3.8) is 0 Å². The van der Waals surface area contributed by atoms with Crippen LogP contribution in [0.2, 0.25) is 0 Å². The average molecular weight is 411 g/mol. The topological polar surface area (TPSA) is 110 Å². The van der Waals surface area contributed by atoms with Crippen molar-refractivity contribution in [2.45, 2.75) is 12.0 Å². The molecule has 9 nitrogen and oxygen atoms in total. The van der Waals surface area contributed by atoms with E-state index in [1.807, 2.05) is 24.3 Å². The number of benzene rings is 1. The van der Waals surface area contributed by atoms with E-state index in [-0.39, 0.29) is 5.91 Å². The zero-order valence-corrected chi connectivity index (χ0v) is 17.0. The number of rotatable bonds is 8. The molecule has 1 atom stereocenters. The molecule has 4 rings (SSSR count). The van der Waals surface area contributed by atoms with Gasteiger partial charge in [-0.2, -0.15) is 5.10 Å². The van der Waals surface area contributed by atoms with E-state index in [2.05, 4.69) is 25.8 Å². The molecule has 1 fully saturated rings. The van der Waals surface area contributed by atoms with Crippen LogP contribution in [0, 0.1) is 0 Å². The van der Waals surface area contributed by atoms with E-state index >= 15 is 0 Å². The predicted octanol–water partition coefficient (Wildman–Crippen LogP) is 1.97. The highest BCUT2D eigenvalue weighted by molar-refractivity contribution is 6.01. The number of fused-ring (bicyclic) bond motifs is 1. The lowest BCUT2D eigenvalue weighted by molar-refractivity contribution is -0.135. The molecule has 0 saturated carbocycles. The largest absolute Gasteiger partial charge is 0.475 e. The molecule has 1 aromatic carbocycles. The van der Waals surface area contributed by atoms with Gasteiger partial charge in [0.15, 0.2) is 5.60 Å². The summed E-state index contributed by atoms with van der Waals surface area (Å²) in [5.74, 6) is 0.372. The first kappa shape index (κ1) is 20.3. The average Bonchev–Trinajstić information content (AvgIpc) is 3.42. The maximum Gasteiger partial charge on any atom is 0.257 e. The summed E-state index contributed by atoms with van der Waals surface area (Å²) in [5, 5.41) is 14.5. The Hall–Kier alpha value is -3.01. The van der Waals surface area contributed by atoms with Gasteiger partial charge in [-0.3, -0.25) is 9.89 Å². The van der Waals surface area contributed by atoms with Gasteiger partial charge in [0.2, 0.25) is 5.88 Å². The van der Waals surface area contributed by atoms with Crippen LogP contribution < -0.4 is 15.4 Å². The van der Waals surface area contributed by atoms with Crippen molar-refractivity contribution in [2.24, 2.45) is 0 Å². The van der Waals surface area contributed by atoms with Crippen molar-refractivity contribution in [2.75, 3.05) is 45.8 Å². The Balaban J connectivity index is 1.55. The number of carbonyl (C=O) groups is 1. The summed E-state index contributed by atoms with van der Waals surface area (Å²) in [6.45, 7) is 2.20. The highest BCUT2D eigenvalue weighted by atomic mass is 16.5. The van der Waals surface area contributed by atoms with Gasteiger partial charge in [-0.05, 0) is 37.2 Å². The lowest BCUT2D eigenvalue weighted by atomic mass is 10.0. The highest BCUT2D eigenvalue weighted by Gasteiger charge is 2.41. The number of aromatic amines is 1. The number of H-pyrrole nitrogens is 1. The number of nitrogens with zero attached hydrogens (tertiary/aromatic N) is 2. The number of ether oxygens (including phenoxy) is 3. The van der Waals surface area contributed by atoms with E-state index in [9.17, 15) is 4.79 Å². The van der Waals surface area contributed by atoms with Crippen LogP contribution >= 0.6 is 0 Å². The fourth-order valence-electron chi connectivity index (χ4n) is 3.52. The number of anilines is 1. The fourth-order valence-corrected chi connectivity index (χ4v) is 3.52. The van der Waals surface area contributed by atoms with Gasteiger partial charge >= 0.3 is 0 Å². The second-order valence-electron chi connectivity index (χ2n) is 7.14. The first-order chi connectivity index (χ1) is 14.6. The second-order valence-corrected chi connectivity index (χ2v) is 7.14. The molecule has 0 spiro atoms. The summed E-state index contributed by atoms with van der Waals surface area (Å²) >= 11 is 0. The number of hydrogen-bond donors (Lipinski definition) is 3. The van der Waals surface area contributed by atoms with Gasteiger partial charge in [0, 0.05) is 49.7 Å². The molecule has 3 N–H and O–H groups in total. The molecule has 3 heterocycles. The third kappa shape index (κ3) is 4.00. The number of hydrogen-bond acceptors (Lipinski definition) is 7. The van der Waals surface area contributed by atoms with Crippen molar-refractivity contribution >= 4 is 22.5 Å². The van der Waals surface area contributed by atoms with Gasteiger partial charge in [-0.15, -0.1) is 0 Å². The molecule has 2 aromatic heterocycles. The quantitative estimate of drug-likeness (QED) is 0.486. The molecule has 1 saturated heterocycles. The number of methoxy groups -OCH3 is 2. The third-order valence-electron chi connectivity index (χ3n) is 5.29. The zero-order valence-electron chi connectivity index (χ0n) is 17.0. The Morgan fingerprint density at radius 2 is 2.13 bits per heavy atom. The van der Waals surface area contributed by atoms with Crippen LogP contribution in [0.25, 0.3) is 22.2 Å². The summed E-state index contributed by atoms with van der Waals surface area (Å²) in [5.41, 5.74) is 2.31. The zero-order chi connectivity index (χ0) is 21.0. The summed E-state index contributed by atoms with van der Waals surface area (Å²) in [6, 6.07) is 9.34. The molecule has 0 bridgehead atoms. The van der Waals surface area contributed by atoms with Gasteiger partial charge in [0.05, 0.1) is 12.1 Å². The van der Waals surface area contributed by atoms with Crippen LogP contribution in [-0.2, 0) is 14.3 Å². The molecular weight excluding hydrogens is 386 g/mol. The van der Waals surface area contributed by atoms with Crippen molar-refractivity contribution in [3.8, 4) is 17.1 Å². The molecule has 0 aliphatic carbocycles. The van der Waals surface area contributed by atoms with E-state index < -0.39 is 5.60 Å². The molecule has 9 heteroatoms. The minimum absolute atomic E-state index is 0.154. The Kier molecular flexibility index (Phi) is 5.93. The van der Waals surface area contributed by atoms with E-state index in [1.165, 1.54) is 0 Å². The predicted molar refractivity (Wildman–Crippen MR) is 113 cm³/mol. The molecule has 158 valence electrons. The molecule has 1 aliphatic rings. The lowest BCUT2D eigenvalue weighted by Gasteiger charge is -2.25. The van der Waals surface area contributed by atoms with Gasteiger partial charge in [-0.25, -0.2) is 4.98 Å². The summed E-state index contributed by atoms with van der Waals surface area (Å²) in [6.07, 6.45) is 2.35. The number of carbonyl (C=O) groups excluding carboxylic acids is 1. The summed E-state index contributed by atoms with van der Waals surface area (Å²) in [7, 11) is 3.19. The van der Waals surface area contributed by atoms with Crippen molar-refractivity contribution in [1.82, 2.24) is 20.5 Å². The van der Waals surface area contributed by atoms with Gasteiger partial charge in [0.25, 0.3) is 5.91 Å². The molecule has 1 aliphatic heterocycles. The Morgan fingerprint density at radius 3 is 2.83 bits per heavy atom. The normalized spacial score (nSPS) is 18.6. The van der Waals surface area contributed by atoms with E-state index in [0.29, 0.717) is 37.7 Å². The molecule has 3 aromatic rings. The first-order valence-electron chi connectivity index (χ1n) is 9.79. The van der Waals surface area contributed by atoms with Gasteiger partial charge in [-0.1, -0.05) is 0 Å². The maximum absolute atomic E-state index is 12.8. The highest BCUT2D eigenvalue weighted by Crippen LogP contribution is 2.29. The van der Waals surface area contributed by atoms with Crippen LogP contribution in [0.1, 0.15) is 6.42 Å². The number of aromatic nitrogens is 3. The maximum atomic E-state index is 12.8. The summed E-state index contributed by atoms with van der Waals surface area (Å²) < 4.78 is 16.0. The summed E-state index contributed by atoms with van der Waals surface area (Å²) in [4.78, 5) is 17.1. The van der Waals surface area contributed by atoms with E-state index in [0.717, 1.165) is 28.7 Å². The fraction of sp³-hybridized carbons (Fsp3) is 0.381. The third-order valence-corrected chi connectivity index (χ3v) is 5.29. The van der Waals surface area contributed by atoms with Crippen molar-refractivity contribution in [1.29, 1.82) is 0 Å². The van der Waals surface area contributed by atoms with Crippen molar-refractivity contribution < 1.29 is 19.0 Å². The molecule has 1 unspecified atom stereocenters. The van der Waals surface area contributed by atoms with E-state index in [4.69, 9.17) is 14.2 Å².